The molecule has 0 spiro atoms. The van der Waals surface area contributed by atoms with Crippen LogP contribution in [0.4, 0.5) is 0 Å². The second-order valence-corrected chi connectivity index (χ2v) is 9.97. The molecule has 0 saturated carbocycles. The van der Waals surface area contributed by atoms with Crippen LogP contribution in [-0.4, -0.2) is 6.54 Å². The van der Waals surface area contributed by atoms with Gasteiger partial charge in [-0.2, -0.15) is 0 Å². The van der Waals surface area contributed by atoms with E-state index in [1.807, 2.05) is 0 Å². The van der Waals surface area contributed by atoms with Crippen LogP contribution in [0, 0.1) is 0 Å². The summed E-state index contributed by atoms with van der Waals surface area (Å²) >= 11 is 0. The molecule has 0 aromatic carbocycles. The van der Waals surface area contributed by atoms with Gasteiger partial charge in [-0.25, -0.2) is 0 Å². The van der Waals surface area contributed by atoms with Crippen molar-refractivity contribution in [2.24, 2.45) is 5.73 Å². The third-order valence-corrected chi connectivity index (χ3v) is 6.72. The third kappa shape index (κ3) is 29.7. The Bertz CT molecular complexity index is 322. The van der Waals surface area contributed by atoms with Crippen molar-refractivity contribution in [2.45, 2.75) is 174 Å². The van der Waals surface area contributed by atoms with Gasteiger partial charge >= 0.3 is 0 Å². The second-order valence-electron chi connectivity index (χ2n) is 9.97. The zero-order chi connectivity index (χ0) is 22.5. The lowest BCUT2D eigenvalue weighted by Crippen LogP contribution is -1.97. The van der Waals surface area contributed by atoms with Crippen LogP contribution >= 0.6 is 0 Å². The molecule has 0 aromatic heterocycles. The Balaban J connectivity index is 3.04. The maximum atomic E-state index is 5.52. The minimum atomic E-state index is 0.863. The first-order valence-corrected chi connectivity index (χ1v) is 14.8. The molecule has 0 amide bonds. The summed E-state index contributed by atoms with van der Waals surface area (Å²) in [5, 5.41) is 0. The number of hydrogen-bond donors (Lipinski definition) is 1. The van der Waals surface area contributed by atoms with Crippen molar-refractivity contribution >= 4 is 0 Å². The maximum Gasteiger partial charge on any atom is -0.00773 e. The molecule has 1 heteroatoms. The van der Waals surface area contributed by atoms with Crippen LogP contribution in [0.25, 0.3) is 0 Å². The molecule has 0 atom stereocenters. The molecule has 2 N–H and O–H groups in total. The first-order valence-electron chi connectivity index (χ1n) is 14.8. The summed E-state index contributed by atoms with van der Waals surface area (Å²) in [7, 11) is 0. The molecule has 0 aromatic rings. The summed E-state index contributed by atoms with van der Waals surface area (Å²) in [6, 6.07) is 0. The lowest BCUT2D eigenvalue weighted by molar-refractivity contribution is 0.525. The van der Waals surface area contributed by atoms with Crippen LogP contribution in [0.5, 0.6) is 0 Å². The van der Waals surface area contributed by atoms with Gasteiger partial charge in [0.15, 0.2) is 0 Å². The summed E-state index contributed by atoms with van der Waals surface area (Å²) in [5.41, 5.74) is 5.52. The highest BCUT2D eigenvalue weighted by Gasteiger charge is 1.95. The van der Waals surface area contributed by atoms with Gasteiger partial charge in [-0.3, -0.25) is 0 Å². The van der Waals surface area contributed by atoms with Crippen LogP contribution in [0.1, 0.15) is 174 Å². The van der Waals surface area contributed by atoms with Crippen molar-refractivity contribution in [3.05, 3.63) is 12.2 Å². The van der Waals surface area contributed by atoms with E-state index in [2.05, 4.69) is 19.1 Å². The third-order valence-electron chi connectivity index (χ3n) is 6.72. The molecular weight excluding hydrogens is 374 g/mol. The number of rotatable bonds is 27. The van der Waals surface area contributed by atoms with E-state index in [0.29, 0.717) is 0 Å². The van der Waals surface area contributed by atoms with Crippen LogP contribution < -0.4 is 5.73 Å². The van der Waals surface area contributed by atoms with Gasteiger partial charge in [0, 0.05) is 0 Å². The standard InChI is InChI=1S/C30H61N/c1-2-3-4-5-6-7-8-9-10-11-12-13-14-15-16-17-18-19-20-21-22-23-24-25-26-27-28-29-30-31/h21-22H,2-20,23-31H2,1H3/b22-21-. The van der Waals surface area contributed by atoms with E-state index in [0.717, 1.165) is 6.54 Å². The quantitative estimate of drug-likeness (QED) is 0.101. The predicted molar refractivity (Wildman–Crippen MR) is 144 cm³/mol. The number of unbranched alkanes of at least 4 members (excludes halogenated alkanes) is 24. The molecule has 0 radical (unpaired) electrons. The van der Waals surface area contributed by atoms with Crippen LogP contribution in [0.3, 0.4) is 0 Å². The van der Waals surface area contributed by atoms with E-state index in [1.54, 1.807) is 0 Å². The van der Waals surface area contributed by atoms with Crippen molar-refractivity contribution in [3.8, 4) is 0 Å². The zero-order valence-corrected chi connectivity index (χ0v) is 21.8. The van der Waals surface area contributed by atoms with E-state index in [4.69, 9.17) is 5.73 Å². The molecule has 0 heterocycles. The molecule has 0 rings (SSSR count). The molecule has 31 heavy (non-hydrogen) atoms. The summed E-state index contributed by atoms with van der Waals surface area (Å²) < 4.78 is 0. The Morgan fingerprint density at radius 2 is 0.613 bits per heavy atom. The highest BCUT2D eigenvalue weighted by Crippen LogP contribution is 2.15. The molecular formula is C30H61N. The monoisotopic (exact) mass is 435 g/mol. The van der Waals surface area contributed by atoms with Gasteiger partial charge in [-0.15, -0.1) is 0 Å². The van der Waals surface area contributed by atoms with E-state index < -0.39 is 0 Å². The molecule has 0 fully saturated rings. The highest BCUT2D eigenvalue weighted by molar-refractivity contribution is 4.81. The molecule has 1 nitrogen and oxygen atoms in total. The Labute approximate surface area is 198 Å². The number of hydrogen-bond acceptors (Lipinski definition) is 1. The average Bonchev–Trinajstić information content (AvgIpc) is 2.78. The minimum absolute atomic E-state index is 0.863. The maximum absolute atomic E-state index is 5.52. The molecule has 0 aliphatic rings. The van der Waals surface area contributed by atoms with Gasteiger partial charge in [0.1, 0.15) is 0 Å². The average molecular weight is 436 g/mol. The Hall–Kier alpha value is -0.300. The van der Waals surface area contributed by atoms with E-state index in [-0.39, 0.29) is 0 Å². The highest BCUT2D eigenvalue weighted by atomic mass is 14.5. The largest absolute Gasteiger partial charge is 0.330 e. The SMILES string of the molecule is CCCCCCCCCCCCCCCCCCCC/C=C\CCCCCCCCN. The normalized spacial score (nSPS) is 11.7. The van der Waals surface area contributed by atoms with Crippen molar-refractivity contribution in [1.29, 1.82) is 0 Å². The summed E-state index contributed by atoms with van der Waals surface area (Å²) in [5.74, 6) is 0. The topological polar surface area (TPSA) is 26.0 Å². The van der Waals surface area contributed by atoms with Gasteiger partial charge in [-0.1, -0.05) is 154 Å². The number of allylic oxidation sites excluding steroid dienone is 2. The van der Waals surface area contributed by atoms with Gasteiger partial charge in [0.25, 0.3) is 0 Å². The molecule has 0 saturated heterocycles. The van der Waals surface area contributed by atoms with Gasteiger partial charge in [-0.05, 0) is 38.6 Å². The van der Waals surface area contributed by atoms with Crippen LogP contribution in [0.2, 0.25) is 0 Å². The van der Waals surface area contributed by atoms with Gasteiger partial charge in [0.05, 0.1) is 0 Å². The van der Waals surface area contributed by atoms with Crippen molar-refractivity contribution in [3.63, 3.8) is 0 Å². The molecule has 0 aliphatic heterocycles. The minimum Gasteiger partial charge on any atom is -0.330 e. The lowest BCUT2D eigenvalue weighted by Gasteiger charge is -2.03. The van der Waals surface area contributed by atoms with E-state index >= 15 is 0 Å². The summed E-state index contributed by atoms with van der Waals surface area (Å²) in [4.78, 5) is 0. The van der Waals surface area contributed by atoms with Gasteiger partial charge < -0.3 is 5.73 Å². The molecule has 0 bridgehead atoms. The fraction of sp³-hybridized carbons (Fsp3) is 0.933. The van der Waals surface area contributed by atoms with E-state index in [1.165, 1.54) is 167 Å². The Kier molecular flexibility index (Phi) is 29.4. The van der Waals surface area contributed by atoms with Crippen LogP contribution in [0.15, 0.2) is 12.2 Å². The Morgan fingerprint density at radius 1 is 0.355 bits per heavy atom. The van der Waals surface area contributed by atoms with Crippen molar-refractivity contribution in [2.75, 3.05) is 6.54 Å². The first-order chi connectivity index (χ1) is 15.4. The first kappa shape index (κ1) is 30.7. The number of nitrogens with two attached hydrogens (primary N) is 1. The molecule has 186 valence electrons. The van der Waals surface area contributed by atoms with Gasteiger partial charge in [0.2, 0.25) is 0 Å². The smallest absolute Gasteiger partial charge is 0.00773 e. The fourth-order valence-electron chi connectivity index (χ4n) is 4.51. The molecule has 0 aliphatic carbocycles. The molecule has 0 unspecified atom stereocenters. The predicted octanol–water partition coefficient (Wildman–Crippen LogP) is 10.7. The van der Waals surface area contributed by atoms with Crippen LogP contribution in [-0.2, 0) is 0 Å². The summed E-state index contributed by atoms with van der Waals surface area (Å²) in [6.45, 7) is 3.17. The van der Waals surface area contributed by atoms with Crippen molar-refractivity contribution < 1.29 is 0 Å². The fourth-order valence-corrected chi connectivity index (χ4v) is 4.51. The zero-order valence-electron chi connectivity index (χ0n) is 21.8. The van der Waals surface area contributed by atoms with Crippen molar-refractivity contribution in [1.82, 2.24) is 0 Å². The lowest BCUT2D eigenvalue weighted by atomic mass is 10.0. The second kappa shape index (κ2) is 29.7. The summed E-state index contributed by atoms with van der Waals surface area (Å²) in [6.07, 6.45) is 41.8. The van der Waals surface area contributed by atoms with E-state index in [9.17, 15) is 0 Å². The Morgan fingerprint density at radius 3 is 0.903 bits per heavy atom.